The maximum atomic E-state index is 13.2. The highest BCUT2D eigenvalue weighted by molar-refractivity contribution is 5.96. The van der Waals surface area contributed by atoms with Crippen LogP contribution in [0.1, 0.15) is 85.4 Å². The maximum Gasteiger partial charge on any atom is 0.416 e. The molecule has 6 nitrogen and oxygen atoms in total. The maximum absolute atomic E-state index is 13.2. The summed E-state index contributed by atoms with van der Waals surface area (Å²) in [7, 11) is 0. The Bertz CT molecular complexity index is 1090. The van der Waals surface area contributed by atoms with E-state index in [1.54, 1.807) is 12.1 Å². The van der Waals surface area contributed by atoms with Crippen LogP contribution >= 0.6 is 0 Å². The van der Waals surface area contributed by atoms with Gasteiger partial charge in [0.1, 0.15) is 6.33 Å². The van der Waals surface area contributed by atoms with Gasteiger partial charge in [0.15, 0.2) is 0 Å². The molecule has 2 aromatic rings. The molecule has 0 aliphatic carbocycles. The molecule has 2 aliphatic heterocycles. The van der Waals surface area contributed by atoms with Crippen LogP contribution in [-0.4, -0.2) is 74.9 Å². The molecule has 2 aliphatic rings. The second kappa shape index (κ2) is 11.3. The smallest absolute Gasteiger partial charge is 0.338 e. The molecule has 2 saturated heterocycles. The molecule has 0 radical (unpaired) electrons. The van der Waals surface area contributed by atoms with Crippen molar-refractivity contribution in [3.8, 4) is 0 Å². The Labute approximate surface area is 224 Å². The minimum Gasteiger partial charge on any atom is -0.338 e. The van der Waals surface area contributed by atoms with Gasteiger partial charge in [-0.05, 0) is 64.7 Å². The summed E-state index contributed by atoms with van der Waals surface area (Å²) in [6.45, 7) is 14.4. The predicted molar refractivity (Wildman–Crippen MR) is 142 cm³/mol. The average Bonchev–Trinajstić information content (AvgIpc) is 2.87. The number of carbonyl (C=O) groups excluding carboxylic acids is 1. The highest BCUT2D eigenvalue weighted by atomic mass is 19.4. The molecule has 1 aromatic carbocycles. The van der Waals surface area contributed by atoms with Gasteiger partial charge in [-0.15, -0.1) is 0 Å². The molecule has 9 heteroatoms. The Morgan fingerprint density at radius 1 is 1.05 bits per heavy atom. The first-order valence-electron chi connectivity index (χ1n) is 13.7. The van der Waals surface area contributed by atoms with Crippen molar-refractivity contribution in [2.45, 2.75) is 84.1 Å². The number of amides is 1. The first-order valence-corrected chi connectivity index (χ1v) is 13.7. The van der Waals surface area contributed by atoms with Crippen LogP contribution in [-0.2, 0) is 6.18 Å². The van der Waals surface area contributed by atoms with E-state index in [0.29, 0.717) is 18.7 Å². The molecule has 3 heterocycles. The van der Waals surface area contributed by atoms with Crippen LogP contribution in [0.5, 0.6) is 0 Å². The summed E-state index contributed by atoms with van der Waals surface area (Å²) in [5.41, 5.74) is 2.41. The van der Waals surface area contributed by atoms with Crippen LogP contribution in [0.4, 0.5) is 13.2 Å². The first-order chi connectivity index (χ1) is 17.9. The van der Waals surface area contributed by atoms with Crippen molar-refractivity contribution in [3.05, 3.63) is 58.7 Å². The van der Waals surface area contributed by atoms with Crippen LogP contribution in [0.3, 0.4) is 0 Å². The normalized spacial score (nSPS) is 21.9. The summed E-state index contributed by atoms with van der Waals surface area (Å²) in [5.74, 6) is 0.0137. The van der Waals surface area contributed by atoms with Crippen LogP contribution in [0.2, 0.25) is 0 Å². The molecule has 0 unspecified atom stereocenters. The topological polar surface area (TPSA) is 52.6 Å². The number of benzene rings is 1. The van der Waals surface area contributed by atoms with E-state index in [1.807, 2.05) is 18.7 Å². The summed E-state index contributed by atoms with van der Waals surface area (Å²) >= 11 is 0. The number of halogens is 3. The molecule has 208 valence electrons. The molecular weight excluding hydrogens is 491 g/mol. The van der Waals surface area contributed by atoms with Crippen molar-refractivity contribution in [2.24, 2.45) is 0 Å². The Morgan fingerprint density at radius 3 is 2.18 bits per heavy atom. The Hall–Kier alpha value is -2.52. The Balaban J connectivity index is 1.40. The second-order valence-electron chi connectivity index (χ2n) is 11.2. The van der Waals surface area contributed by atoms with Gasteiger partial charge in [0.05, 0.1) is 22.5 Å². The Kier molecular flexibility index (Phi) is 8.47. The fourth-order valence-electron chi connectivity index (χ4n) is 6.19. The van der Waals surface area contributed by atoms with Crippen LogP contribution < -0.4 is 0 Å². The van der Waals surface area contributed by atoms with E-state index < -0.39 is 11.7 Å². The van der Waals surface area contributed by atoms with Gasteiger partial charge < -0.3 is 4.90 Å². The molecule has 1 amide bonds. The van der Waals surface area contributed by atoms with Gasteiger partial charge in [-0.3, -0.25) is 14.6 Å². The SMILES string of the molecule is CCC[C@@H](c1ccc(C(F)(F)F)cc1)N1CCN(C2(C)CCN(C(=O)c3c(C)ncnc3C)CC2)C[C@@H]1C. The minimum absolute atomic E-state index is 0.00299. The largest absolute Gasteiger partial charge is 0.416 e. The van der Waals surface area contributed by atoms with E-state index in [0.717, 1.165) is 62.3 Å². The zero-order valence-electron chi connectivity index (χ0n) is 23.2. The average molecular weight is 532 g/mol. The number of likely N-dealkylation sites (tertiary alicyclic amines) is 1. The van der Waals surface area contributed by atoms with Crippen molar-refractivity contribution < 1.29 is 18.0 Å². The molecule has 2 atom stereocenters. The number of carbonyl (C=O) groups is 1. The third kappa shape index (κ3) is 5.88. The quantitative estimate of drug-likeness (QED) is 0.482. The number of aromatic nitrogens is 2. The number of hydrogen-bond donors (Lipinski definition) is 0. The molecule has 4 rings (SSSR count). The lowest BCUT2D eigenvalue weighted by Crippen LogP contribution is -2.62. The molecule has 0 bridgehead atoms. The van der Waals surface area contributed by atoms with E-state index in [2.05, 4.69) is 40.5 Å². The lowest BCUT2D eigenvalue weighted by atomic mass is 9.85. The summed E-state index contributed by atoms with van der Waals surface area (Å²) in [5, 5.41) is 0. The fraction of sp³-hybridized carbons (Fsp3) is 0.621. The van der Waals surface area contributed by atoms with E-state index in [9.17, 15) is 18.0 Å². The van der Waals surface area contributed by atoms with Crippen molar-refractivity contribution in [1.82, 2.24) is 24.7 Å². The van der Waals surface area contributed by atoms with Crippen LogP contribution in [0.25, 0.3) is 0 Å². The first kappa shape index (κ1) is 28.5. The molecule has 1 aromatic heterocycles. The summed E-state index contributed by atoms with van der Waals surface area (Å²) < 4.78 is 39.3. The van der Waals surface area contributed by atoms with Gasteiger partial charge in [-0.1, -0.05) is 25.5 Å². The van der Waals surface area contributed by atoms with Gasteiger partial charge in [0.2, 0.25) is 0 Å². The number of rotatable bonds is 6. The van der Waals surface area contributed by atoms with Crippen molar-refractivity contribution >= 4 is 5.91 Å². The number of hydrogen-bond acceptors (Lipinski definition) is 5. The van der Waals surface area contributed by atoms with Gasteiger partial charge in [0.25, 0.3) is 5.91 Å². The van der Waals surface area contributed by atoms with Crippen molar-refractivity contribution in [2.75, 3.05) is 32.7 Å². The number of aryl methyl sites for hydroxylation is 2. The minimum atomic E-state index is -4.32. The molecule has 38 heavy (non-hydrogen) atoms. The molecule has 2 fully saturated rings. The highest BCUT2D eigenvalue weighted by Gasteiger charge is 2.41. The summed E-state index contributed by atoms with van der Waals surface area (Å²) in [4.78, 5) is 28.6. The number of nitrogens with zero attached hydrogens (tertiary/aromatic N) is 5. The van der Waals surface area contributed by atoms with Gasteiger partial charge in [0, 0.05) is 50.3 Å². The molecular formula is C29H40F3N5O. The van der Waals surface area contributed by atoms with Crippen molar-refractivity contribution in [1.29, 1.82) is 0 Å². The molecule has 0 spiro atoms. The third-order valence-electron chi connectivity index (χ3n) is 8.60. The van der Waals surface area contributed by atoms with E-state index in [4.69, 9.17) is 0 Å². The van der Waals surface area contributed by atoms with Crippen molar-refractivity contribution in [3.63, 3.8) is 0 Å². The summed E-state index contributed by atoms with van der Waals surface area (Å²) in [6.07, 6.45) is 0.846. The van der Waals surface area contributed by atoms with Crippen LogP contribution in [0, 0.1) is 13.8 Å². The molecule has 0 saturated carbocycles. The van der Waals surface area contributed by atoms with Crippen LogP contribution in [0.15, 0.2) is 30.6 Å². The monoisotopic (exact) mass is 531 g/mol. The van der Waals surface area contributed by atoms with Gasteiger partial charge in [-0.25, -0.2) is 9.97 Å². The van der Waals surface area contributed by atoms with Gasteiger partial charge in [-0.2, -0.15) is 13.2 Å². The fourth-order valence-corrected chi connectivity index (χ4v) is 6.19. The van der Waals surface area contributed by atoms with E-state index in [1.165, 1.54) is 18.5 Å². The lowest BCUT2D eigenvalue weighted by Gasteiger charge is -2.53. The standard InChI is InChI=1S/C29H40F3N5O/c1-6-7-25(23-8-10-24(11-9-23)29(30,31)32)37-17-16-36(18-20(37)2)28(5)12-14-35(15-13-28)27(38)26-21(3)33-19-34-22(26)4/h8-11,19-20,25H,6-7,12-18H2,1-5H3/t20-,25-/m0/s1. The zero-order chi connectivity index (χ0) is 27.7. The Morgan fingerprint density at radius 2 is 1.66 bits per heavy atom. The highest BCUT2D eigenvalue weighted by Crippen LogP contribution is 2.36. The van der Waals surface area contributed by atoms with E-state index in [-0.39, 0.29) is 23.5 Å². The zero-order valence-corrected chi connectivity index (χ0v) is 23.2. The number of piperazine rings is 1. The predicted octanol–water partition coefficient (Wildman–Crippen LogP) is 5.65. The van der Waals surface area contributed by atoms with E-state index >= 15 is 0 Å². The molecule has 0 N–H and O–H groups in total. The number of alkyl halides is 3. The third-order valence-corrected chi connectivity index (χ3v) is 8.60. The van der Waals surface area contributed by atoms with Gasteiger partial charge >= 0.3 is 6.18 Å². The number of piperidine rings is 1. The second-order valence-corrected chi connectivity index (χ2v) is 11.2. The summed E-state index contributed by atoms with van der Waals surface area (Å²) in [6, 6.07) is 6.09. The lowest BCUT2D eigenvalue weighted by molar-refractivity contribution is -0.137.